The Kier molecular flexibility index (Phi) is 4.43. The molecule has 0 aromatic heterocycles. The van der Waals surface area contributed by atoms with E-state index in [1.807, 2.05) is 0 Å². The number of likely N-dealkylation sites (tertiary alicyclic amines) is 2. The predicted molar refractivity (Wildman–Crippen MR) is 69.9 cm³/mol. The van der Waals surface area contributed by atoms with E-state index in [0.29, 0.717) is 17.9 Å². The molecule has 2 unspecified atom stereocenters. The van der Waals surface area contributed by atoms with E-state index in [2.05, 4.69) is 23.8 Å². The van der Waals surface area contributed by atoms with E-state index in [-0.39, 0.29) is 0 Å². The maximum Gasteiger partial charge on any atom is 0.224 e. The summed E-state index contributed by atoms with van der Waals surface area (Å²) in [4.78, 5) is 16.7. The van der Waals surface area contributed by atoms with Crippen molar-refractivity contribution < 1.29 is 4.79 Å². The van der Waals surface area contributed by atoms with Crippen LogP contribution >= 0.6 is 0 Å². The van der Waals surface area contributed by atoms with Gasteiger partial charge < -0.3 is 9.80 Å². The molecule has 2 saturated heterocycles. The zero-order valence-electron chi connectivity index (χ0n) is 11.3. The predicted octanol–water partition coefficient (Wildman–Crippen LogP) is 2.12. The quantitative estimate of drug-likeness (QED) is 0.735. The molecule has 0 radical (unpaired) electrons. The molecule has 2 aliphatic heterocycles. The summed E-state index contributed by atoms with van der Waals surface area (Å²) < 4.78 is 0. The second-order valence-corrected chi connectivity index (χ2v) is 5.92. The molecule has 2 fully saturated rings. The summed E-state index contributed by atoms with van der Waals surface area (Å²) >= 11 is 0. The summed E-state index contributed by atoms with van der Waals surface area (Å²) in [5, 5.41) is 0. The second kappa shape index (κ2) is 5.85. The van der Waals surface area contributed by atoms with Gasteiger partial charge in [-0.2, -0.15) is 0 Å². The summed E-state index contributed by atoms with van der Waals surface area (Å²) in [5.74, 6) is 1.08. The molecule has 0 spiro atoms. The van der Waals surface area contributed by atoms with Gasteiger partial charge in [-0.25, -0.2) is 0 Å². The highest BCUT2D eigenvalue weighted by atomic mass is 16.2. The molecule has 3 nitrogen and oxygen atoms in total. The zero-order chi connectivity index (χ0) is 12.3. The van der Waals surface area contributed by atoms with Gasteiger partial charge in [0.05, 0.1) is 0 Å². The third kappa shape index (κ3) is 3.44. The summed E-state index contributed by atoms with van der Waals surface area (Å²) in [6, 6.07) is 0.494. The highest BCUT2D eigenvalue weighted by Gasteiger charge is 2.26. The lowest BCUT2D eigenvalue weighted by molar-refractivity contribution is -0.134. The topological polar surface area (TPSA) is 23.6 Å². The third-order valence-electron chi connectivity index (χ3n) is 4.34. The van der Waals surface area contributed by atoms with Crippen molar-refractivity contribution in [2.75, 3.05) is 26.7 Å². The summed E-state index contributed by atoms with van der Waals surface area (Å²) in [5.41, 5.74) is 0. The molecule has 0 saturated carbocycles. The fourth-order valence-corrected chi connectivity index (χ4v) is 3.15. The smallest absolute Gasteiger partial charge is 0.224 e. The van der Waals surface area contributed by atoms with E-state index in [9.17, 15) is 4.79 Å². The first kappa shape index (κ1) is 12.9. The number of carbonyl (C=O) groups is 1. The first-order valence-electron chi connectivity index (χ1n) is 7.15. The van der Waals surface area contributed by atoms with Crippen LogP contribution in [0, 0.1) is 5.92 Å². The highest BCUT2D eigenvalue weighted by Crippen LogP contribution is 2.21. The van der Waals surface area contributed by atoms with E-state index in [1.54, 1.807) is 0 Å². The number of amides is 1. The van der Waals surface area contributed by atoms with Gasteiger partial charge in [-0.1, -0.05) is 13.3 Å². The molecule has 3 heteroatoms. The van der Waals surface area contributed by atoms with Gasteiger partial charge in [-0.3, -0.25) is 4.79 Å². The first-order valence-corrected chi connectivity index (χ1v) is 7.15. The van der Waals surface area contributed by atoms with Gasteiger partial charge in [0, 0.05) is 25.6 Å². The van der Waals surface area contributed by atoms with Crippen molar-refractivity contribution in [1.82, 2.24) is 9.80 Å². The summed E-state index contributed by atoms with van der Waals surface area (Å²) in [7, 11) is 2.16. The van der Waals surface area contributed by atoms with E-state index in [0.717, 1.165) is 26.1 Å². The van der Waals surface area contributed by atoms with Gasteiger partial charge in [0.15, 0.2) is 0 Å². The van der Waals surface area contributed by atoms with Crippen LogP contribution in [0.15, 0.2) is 0 Å². The van der Waals surface area contributed by atoms with Crippen LogP contribution in [0.5, 0.6) is 0 Å². The van der Waals surface area contributed by atoms with Crippen molar-refractivity contribution >= 4 is 5.91 Å². The minimum absolute atomic E-state index is 0.385. The maximum absolute atomic E-state index is 12.3. The second-order valence-electron chi connectivity index (χ2n) is 5.92. The summed E-state index contributed by atoms with van der Waals surface area (Å²) in [6.07, 6.45) is 7.00. The van der Waals surface area contributed by atoms with Gasteiger partial charge in [0.2, 0.25) is 5.91 Å². The first-order chi connectivity index (χ1) is 8.16. The van der Waals surface area contributed by atoms with Crippen molar-refractivity contribution in [2.24, 2.45) is 5.92 Å². The Morgan fingerprint density at radius 2 is 2.00 bits per heavy atom. The average Bonchev–Trinajstić information content (AvgIpc) is 2.32. The van der Waals surface area contributed by atoms with Crippen molar-refractivity contribution in [1.29, 1.82) is 0 Å². The highest BCUT2D eigenvalue weighted by molar-refractivity contribution is 5.77. The minimum atomic E-state index is 0.385. The van der Waals surface area contributed by atoms with Crippen molar-refractivity contribution in [3.63, 3.8) is 0 Å². The number of piperidine rings is 2. The monoisotopic (exact) mass is 238 g/mol. The normalized spacial score (nSPS) is 31.5. The molecule has 0 N–H and O–H groups in total. The Hall–Kier alpha value is -0.570. The molecular weight excluding hydrogens is 212 g/mol. The number of hydrogen-bond donors (Lipinski definition) is 0. The molecule has 2 atom stereocenters. The fourth-order valence-electron chi connectivity index (χ4n) is 3.15. The van der Waals surface area contributed by atoms with Gasteiger partial charge in [0.1, 0.15) is 0 Å². The molecule has 0 aromatic rings. The molecule has 2 heterocycles. The molecule has 0 aromatic carbocycles. The van der Waals surface area contributed by atoms with E-state index in [4.69, 9.17) is 0 Å². The third-order valence-corrected chi connectivity index (χ3v) is 4.34. The molecule has 0 aliphatic carbocycles. The molecule has 2 rings (SSSR count). The van der Waals surface area contributed by atoms with Gasteiger partial charge in [-0.05, 0) is 45.2 Å². The number of nitrogens with zero attached hydrogens (tertiary/aromatic N) is 2. The number of hydrogen-bond acceptors (Lipinski definition) is 2. The van der Waals surface area contributed by atoms with Crippen molar-refractivity contribution in [3.8, 4) is 0 Å². The Morgan fingerprint density at radius 1 is 1.18 bits per heavy atom. The number of carbonyl (C=O) groups excluding carboxylic acids is 1. The van der Waals surface area contributed by atoms with Crippen LogP contribution < -0.4 is 0 Å². The molecule has 1 amide bonds. The molecule has 17 heavy (non-hydrogen) atoms. The maximum atomic E-state index is 12.3. The SMILES string of the molecule is CC1CCCN(C(=O)CC2CCCCN2C)C1. The van der Waals surface area contributed by atoms with Crippen LogP contribution in [0.1, 0.15) is 45.4 Å². The van der Waals surface area contributed by atoms with Crippen LogP contribution in [0.4, 0.5) is 0 Å². The van der Waals surface area contributed by atoms with Gasteiger partial charge in [0.25, 0.3) is 0 Å². The van der Waals surface area contributed by atoms with Crippen molar-refractivity contribution in [3.05, 3.63) is 0 Å². The van der Waals surface area contributed by atoms with Gasteiger partial charge >= 0.3 is 0 Å². The largest absolute Gasteiger partial charge is 0.342 e. The molecule has 0 bridgehead atoms. The molecule has 2 aliphatic rings. The Bertz CT molecular complexity index is 267. The average molecular weight is 238 g/mol. The Labute approximate surface area is 105 Å². The lowest BCUT2D eigenvalue weighted by Gasteiger charge is -2.36. The van der Waals surface area contributed by atoms with E-state index < -0.39 is 0 Å². The Morgan fingerprint density at radius 3 is 2.71 bits per heavy atom. The summed E-state index contributed by atoms with van der Waals surface area (Å²) in [6.45, 7) is 5.38. The van der Waals surface area contributed by atoms with Crippen LogP contribution in [0.25, 0.3) is 0 Å². The standard InChI is InChI=1S/C14H26N2O/c1-12-6-5-9-16(11-12)14(17)10-13-7-3-4-8-15(13)2/h12-13H,3-11H2,1-2H3. The molecular formula is C14H26N2O. The Balaban J connectivity index is 1.83. The van der Waals surface area contributed by atoms with Crippen LogP contribution in [0.3, 0.4) is 0 Å². The molecule has 98 valence electrons. The number of rotatable bonds is 2. The van der Waals surface area contributed by atoms with E-state index >= 15 is 0 Å². The van der Waals surface area contributed by atoms with Crippen LogP contribution in [0.2, 0.25) is 0 Å². The van der Waals surface area contributed by atoms with Crippen LogP contribution in [-0.2, 0) is 4.79 Å². The van der Waals surface area contributed by atoms with Crippen molar-refractivity contribution in [2.45, 2.75) is 51.5 Å². The lowest BCUT2D eigenvalue weighted by Crippen LogP contribution is -2.44. The van der Waals surface area contributed by atoms with Gasteiger partial charge in [-0.15, -0.1) is 0 Å². The fraction of sp³-hybridized carbons (Fsp3) is 0.929. The minimum Gasteiger partial charge on any atom is -0.342 e. The van der Waals surface area contributed by atoms with Crippen LogP contribution in [-0.4, -0.2) is 48.4 Å². The zero-order valence-corrected chi connectivity index (χ0v) is 11.3. The lowest BCUT2D eigenvalue weighted by atomic mass is 9.97. The van der Waals surface area contributed by atoms with E-state index in [1.165, 1.54) is 32.1 Å².